The zero-order chi connectivity index (χ0) is 19.1. The lowest BCUT2D eigenvalue weighted by Crippen LogP contribution is -2.33. The molecule has 1 aromatic carbocycles. The van der Waals surface area contributed by atoms with Crippen LogP contribution in [0.3, 0.4) is 0 Å². The molecule has 0 aliphatic heterocycles. The van der Waals surface area contributed by atoms with E-state index in [9.17, 15) is 14.4 Å². The Hall–Kier alpha value is -2.93. The summed E-state index contributed by atoms with van der Waals surface area (Å²) in [6.45, 7) is 4.09. The number of Topliss-reactive ketones (excluding diaryl/α,β-unsaturated/α-hetero) is 1. The number of ether oxygens (including phenoxy) is 2. The molecule has 0 aliphatic rings. The summed E-state index contributed by atoms with van der Waals surface area (Å²) in [5, 5.41) is 2.49. The summed E-state index contributed by atoms with van der Waals surface area (Å²) >= 11 is 0. The van der Waals surface area contributed by atoms with Crippen LogP contribution in [0.25, 0.3) is 11.1 Å². The van der Waals surface area contributed by atoms with Gasteiger partial charge in [-0.25, -0.2) is 4.79 Å². The van der Waals surface area contributed by atoms with Crippen LogP contribution < -0.4 is 5.32 Å². The second-order valence-electron chi connectivity index (χ2n) is 5.54. The molecule has 0 bridgehead atoms. The van der Waals surface area contributed by atoms with Crippen LogP contribution in [0.15, 0.2) is 30.3 Å². The van der Waals surface area contributed by atoms with Crippen LogP contribution in [0.5, 0.6) is 0 Å². The van der Waals surface area contributed by atoms with Crippen LogP contribution in [0.1, 0.15) is 33.5 Å². The smallest absolute Gasteiger partial charge is 0.340 e. The van der Waals surface area contributed by atoms with Crippen molar-refractivity contribution >= 4 is 17.7 Å². The van der Waals surface area contributed by atoms with Crippen LogP contribution in [0.4, 0.5) is 0 Å². The van der Waals surface area contributed by atoms with Gasteiger partial charge in [0.1, 0.15) is 5.69 Å². The highest BCUT2D eigenvalue weighted by Crippen LogP contribution is 2.31. The van der Waals surface area contributed by atoms with Crippen LogP contribution >= 0.6 is 0 Å². The van der Waals surface area contributed by atoms with Crippen molar-refractivity contribution in [2.45, 2.75) is 13.8 Å². The van der Waals surface area contributed by atoms with E-state index >= 15 is 0 Å². The van der Waals surface area contributed by atoms with Gasteiger partial charge in [-0.2, -0.15) is 0 Å². The average Bonchev–Trinajstić information content (AvgIpc) is 2.99. The molecule has 2 rings (SSSR count). The molecule has 7 heteroatoms. The first-order chi connectivity index (χ1) is 12.5. The number of aromatic amines is 1. The molecular weight excluding hydrogens is 336 g/mol. The summed E-state index contributed by atoms with van der Waals surface area (Å²) in [7, 11) is 1.50. The van der Waals surface area contributed by atoms with Gasteiger partial charge in [-0.3, -0.25) is 9.59 Å². The van der Waals surface area contributed by atoms with Crippen molar-refractivity contribution in [3.05, 3.63) is 47.3 Å². The van der Waals surface area contributed by atoms with Gasteiger partial charge < -0.3 is 19.8 Å². The SMILES string of the molecule is CCOC(=O)c1c(C)[nH]c(C(=O)C(=O)NCCOC)c1-c1ccccc1. The number of hydrogen-bond acceptors (Lipinski definition) is 5. The number of amides is 1. The molecule has 2 N–H and O–H groups in total. The van der Waals surface area contributed by atoms with Gasteiger partial charge in [0.2, 0.25) is 0 Å². The average molecular weight is 358 g/mol. The number of ketones is 1. The molecule has 0 unspecified atom stereocenters. The summed E-state index contributed by atoms with van der Waals surface area (Å²) in [6, 6.07) is 8.95. The largest absolute Gasteiger partial charge is 0.462 e. The lowest BCUT2D eigenvalue weighted by atomic mass is 9.98. The third kappa shape index (κ3) is 4.18. The highest BCUT2D eigenvalue weighted by atomic mass is 16.5. The monoisotopic (exact) mass is 358 g/mol. The highest BCUT2D eigenvalue weighted by Gasteiger charge is 2.29. The molecular formula is C19H22N2O5. The van der Waals surface area contributed by atoms with Gasteiger partial charge in [-0.05, 0) is 19.4 Å². The molecule has 7 nitrogen and oxygen atoms in total. The number of aromatic nitrogens is 1. The third-order valence-corrected chi connectivity index (χ3v) is 3.75. The maximum absolute atomic E-state index is 12.6. The number of carbonyl (C=O) groups is 3. The fourth-order valence-electron chi connectivity index (χ4n) is 2.61. The van der Waals surface area contributed by atoms with E-state index in [-0.39, 0.29) is 24.4 Å². The van der Waals surface area contributed by atoms with Crippen molar-refractivity contribution in [3.8, 4) is 11.1 Å². The minimum atomic E-state index is -0.768. The molecule has 0 saturated heterocycles. The quantitative estimate of drug-likeness (QED) is 0.326. The predicted molar refractivity (Wildman–Crippen MR) is 96.1 cm³/mol. The zero-order valence-corrected chi connectivity index (χ0v) is 15.0. The Kier molecular flexibility index (Phi) is 6.68. The maximum Gasteiger partial charge on any atom is 0.340 e. The van der Waals surface area contributed by atoms with Crippen molar-refractivity contribution in [2.24, 2.45) is 0 Å². The van der Waals surface area contributed by atoms with E-state index in [0.717, 1.165) is 0 Å². The normalized spacial score (nSPS) is 10.4. The Balaban J connectivity index is 2.49. The molecule has 1 aromatic heterocycles. The van der Waals surface area contributed by atoms with E-state index in [4.69, 9.17) is 9.47 Å². The summed E-state index contributed by atoms with van der Waals surface area (Å²) in [4.78, 5) is 40.1. The summed E-state index contributed by atoms with van der Waals surface area (Å²) in [5.74, 6) is -2.06. The van der Waals surface area contributed by atoms with Crippen molar-refractivity contribution in [1.82, 2.24) is 10.3 Å². The molecule has 138 valence electrons. The zero-order valence-electron chi connectivity index (χ0n) is 15.0. The van der Waals surface area contributed by atoms with Gasteiger partial charge in [-0.15, -0.1) is 0 Å². The van der Waals surface area contributed by atoms with Crippen molar-refractivity contribution < 1.29 is 23.9 Å². The maximum atomic E-state index is 12.6. The molecule has 0 spiro atoms. The fourth-order valence-corrected chi connectivity index (χ4v) is 2.61. The van der Waals surface area contributed by atoms with Crippen molar-refractivity contribution in [3.63, 3.8) is 0 Å². The van der Waals surface area contributed by atoms with Crippen LogP contribution in [-0.4, -0.2) is 49.5 Å². The number of aryl methyl sites for hydroxylation is 1. The molecule has 2 aromatic rings. The van der Waals surface area contributed by atoms with E-state index in [1.807, 2.05) is 6.07 Å². The predicted octanol–water partition coefficient (Wildman–Crippen LogP) is 2.11. The fraction of sp³-hybridized carbons (Fsp3) is 0.316. The van der Waals surface area contributed by atoms with Gasteiger partial charge in [-0.1, -0.05) is 30.3 Å². The van der Waals surface area contributed by atoms with E-state index in [1.54, 1.807) is 38.1 Å². The number of hydrogen-bond donors (Lipinski definition) is 2. The molecule has 0 radical (unpaired) electrons. The first kappa shape index (κ1) is 19.4. The lowest BCUT2D eigenvalue weighted by molar-refractivity contribution is -0.117. The minimum absolute atomic E-state index is 0.0617. The summed E-state index contributed by atoms with van der Waals surface area (Å²) in [5.41, 5.74) is 1.80. The molecule has 1 heterocycles. The van der Waals surface area contributed by atoms with Crippen LogP contribution in [0.2, 0.25) is 0 Å². The van der Waals surface area contributed by atoms with Crippen LogP contribution in [-0.2, 0) is 14.3 Å². The molecule has 0 atom stereocenters. The Morgan fingerprint density at radius 3 is 2.46 bits per heavy atom. The van der Waals surface area contributed by atoms with Gasteiger partial charge in [0.15, 0.2) is 0 Å². The topological polar surface area (TPSA) is 97.5 Å². The van der Waals surface area contributed by atoms with E-state index in [2.05, 4.69) is 10.3 Å². The lowest BCUT2D eigenvalue weighted by Gasteiger charge is -2.08. The first-order valence-corrected chi connectivity index (χ1v) is 8.27. The number of H-pyrrole nitrogens is 1. The number of esters is 1. The number of rotatable bonds is 8. The molecule has 0 saturated carbocycles. The Labute approximate surface area is 151 Å². The molecule has 0 aliphatic carbocycles. The van der Waals surface area contributed by atoms with Crippen molar-refractivity contribution in [2.75, 3.05) is 26.9 Å². The second-order valence-corrected chi connectivity index (χ2v) is 5.54. The van der Waals surface area contributed by atoms with Crippen LogP contribution in [0, 0.1) is 6.92 Å². The van der Waals surface area contributed by atoms with E-state index in [0.29, 0.717) is 23.4 Å². The van der Waals surface area contributed by atoms with Gasteiger partial charge in [0.05, 0.1) is 18.8 Å². The highest BCUT2D eigenvalue weighted by molar-refractivity contribution is 6.43. The standard InChI is InChI=1S/C19H22N2O5/c1-4-26-19(24)14-12(2)21-16(15(14)13-8-6-5-7-9-13)17(22)18(23)20-10-11-25-3/h5-9,21H,4,10-11H2,1-3H3,(H,20,23). The number of benzene rings is 1. The van der Waals surface area contributed by atoms with Gasteiger partial charge >= 0.3 is 5.97 Å². The summed E-state index contributed by atoms with van der Waals surface area (Å²) in [6.07, 6.45) is 0. The van der Waals surface area contributed by atoms with E-state index < -0.39 is 17.7 Å². The van der Waals surface area contributed by atoms with E-state index in [1.165, 1.54) is 7.11 Å². The molecule has 1 amide bonds. The Morgan fingerprint density at radius 2 is 1.85 bits per heavy atom. The number of nitrogens with one attached hydrogen (secondary N) is 2. The summed E-state index contributed by atoms with van der Waals surface area (Å²) < 4.78 is 9.97. The van der Waals surface area contributed by atoms with Gasteiger partial charge in [0, 0.05) is 24.9 Å². The second kappa shape index (κ2) is 8.96. The minimum Gasteiger partial charge on any atom is -0.462 e. The Bertz CT molecular complexity index is 796. The first-order valence-electron chi connectivity index (χ1n) is 8.27. The van der Waals surface area contributed by atoms with Crippen molar-refractivity contribution in [1.29, 1.82) is 0 Å². The van der Waals surface area contributed by atoms with Gasteiger partial charge in [0.25, 0.3) is 11.7 Å². The number of methoxy groups -OCH3 is 1. The molecule has 26 heavy (non-hydrogen) atoms. The molecule has 0 fully saturated rings. The Morgan fingerprint density at radius 1 is 1.15 bits per heavy atom. The third-order valence-electron chi connectivity index (χ3n) is 3.75. The number of carbonyl (C=O) groups excluding carboxylic acids is 3.